The average Bonchev–Trinajstić information content (AvgIpc) is 3.21. The summed E-state index contributed by atoms with van der Waals surface area (Å²) in [5, 5.41) is 14.9. The van der Waals surface area contributed by atoms with Gasteiger partial charge in [0.15, 0.2) is 11.0 Å². The molecule has 0 unspecified atom stereocenters. The Morgan fingerprint density at radius 3 is 2.73 bits per heavy atom. The molecule has 0 aliphatic rings. The molecule has 0 saturated carbocycles. The number of carbonyl (C=O) groups excluding carboxylic acids is 2. The molecule has 33 heavy (non-hydrogen) atoms. The standard InChI is InChI=1S/C24H27N5O3S/c1-5-13-29-22(17(3)25-23(31)18-10-8-9-16(2)14-18)27-28-24(29)33-15-21(30)26-19-11-6-7-12-20(19)32-4/h5-12,14,17H,1,13,15H2,2-4H3,(H,25,31)(H,26,30)/t17-/m1/s1. The minimum atomic E-state index is -0.387. The molecular weight excluding hydrogens is 438 g/mol. The van der Waals surface area contributed by atoms with Crippen LogP contribution in [0.5, 0.6) is 5.75 Å². The van der Waals surface area contributed by atoms with Gasteiger partial charge in [-0.25, -0.2) is 0 Å². The molecule has 1 atom stereocenters. The van der Waals surface area contributed by atoms with Crippen molar-refractivity contribution in [3.05, 3.63) is 78.1 Å². The van der Waals surface area contributed by atoms with Gasteiger partial charge < -0.3 is 19.9 Å². The van der Waals surface area contributed by atoms with E-state index in [4.69, 9.17) is 4.74 Å². The van der Waals surface area contributed by atoms with Gasteiger partial charge in [-0.05, 0) is 38.1 Å². The van der Waals surface area contributed by atoms with Crippen LogP contribution in [0.25, 0.3) is 0 Å². The highest BCUT2D eigenvalue weighted by atomic mass is 32.2. The number of thioether (sulfide) groups is 1. The molecule has 9 heteroatoms. The lowest BCUT2D eigenvalue weighted by Crippen LogP contribution is -2.29. The molecule has 3 aromatic rings. The third-order valence-corrected chi connectivity index (χ3v) is 5.75. The number of amides is 2. The summed E-state index contributed by atoms with van der Waals surface area (Å²) in [7, 11) is 1.55. The smallest absolute Gasteiger partial charge is 0.251 e. The summed E-state index contributed by atoms with van der Waals surface area (Å²) in [5.41, 5.74) is 2.20. The van der Waals surface area contributed by atoms with Crippen LogP contribution in [-0.4, -0.2) is 39.4 Å². The number of methoxy groups -OCH3 is 1. The van der Waals surface area contributed by atoms with Crippen LogP contribution in [-0.2, 0) is 11.3 Å². The molecule has 172 valence electrons. The number of hydrogen-bond donors (Lipinski definition) is 2. The van der Waals surface area contributed by atoms with E-state index in [1.54, 1.807) is 31.4 Å². The fourth-order valence-corrected chi connectivity index (χ4v) is 3.98. The number of benzene rings is 2. The second-order valence-corrected chi connectivity index (χ2v) is 8.28. The molecule has 0 bridgehead atoms. The van der Waals surface area contributed by atoms with Crippen molar-refractivity contribution in [2.75, 3.05) is 18.2 Å². The Bertz CT molecular complexity index is 1140. The van der Waals surface area contributed by atoms with Crippen molar-refractivity contribution in [2.24, 2.45) is 0 Å². The summed E-state index contributed by atoms with van der Waals surface area (Å²) in [4.78, 5) is 25.1. The number of carbonyl (C=O) groups is 2. The van der Waals surface area contributed by atoms with Gasteiger partial charge in [-0.2, -0.15) is 0 Å². The Morgan fingerprint density at radius 1 is 1.21 bits per heavy atom. The SMILES string of the molecule is C=CCn1c(SCC(=O)Nc2ccccc2OC)nnc1[C@@H](C)NC(=O)c1cccc(C)c1. The van der Waals surface area contributed by atoms with Crippen molar-refractivity contribution >= 4 is 29.3 Å². The summed E-state index contributed by atoms with van der Waals surface area (Å²) < 4.78 is 7.11. The predicted molar refractivity (Wildman–Crippen MR) is 130 cm³/mol. The zero-order valence-corrected chi connectivity index (χ0v) is 19.7. The maximum absolute atomic E-state index is 12.6. The van der Waals surface area contributed by atoms with E-state index in [0.717, 1.165) is 5.56 Å². The lowest BCUT2D eigenvalue weighted by molar-refractivity contribution is -0.113. The van der Waals surface area contributed by atoms with Gasteiger partial charge in [-0.1, -0.05) is 47.7 Å². The van der Waals surface area contributed by atoms with Crippen LogP contribution in [0.2, 0.25) is 0 Å². The van der Waals surface area contributed by atoms with Crippen LogP contribution in [0.4, 0.5) is 5.69 Å². The van der Waals surface area contributed by atoms with E-state index in [2.05, 4.69) is 27.4 Å². The van der Waals surface area contributed by atoms with Crippen molar-refractivity contribution in [1.29, 1.82) is 0 Å². The van der Waals surface area contributed by atoms with Gasteiger partial charge in [-0.3, -0.25) is 9.59 Å². The van der Waals surface area contributed by atoms with Crippen LogP contribution in [0, 0.1) is 6.92 Å². The van der Waals surface area contributed by atoms with Crippen LogP contribution < -0.4 is 15.4 Å². The maximum Gasteiger partial charge on any atom is 0.251 e. The first kappa shape index (κ1) is 24.1. The summed E-state index contributed by atoms with van der Waals surface area (Å²) in [6, 6.07) is 14.2. The normalized spacial score (nSPS) is 11.5. The largest absolute Gasteiger partial charge is 0.495 e. The molecule has 0 aliphatic heterocycles. The fraction of sp³-hybridized carbons (Fsp3) is 0.250. The first-order valence-corrected chi connectivity index (χ1v) is 11.4. The number of anilines is 1. The number of aromatic nitrogens is 3. The molecule has 3 rings (SSSR count). The van der Waals surface area contributed by atoms with Crippen LogP contribution >= 0.6 is 11.8 Å². The molecular formula is C24H27N5O3S. The Hall–Kier alpha value is -3.59. The Labute approximate surface area is 197 Å². The molecule has 1 aromatic heterocycles. The highest BCUT2D eigenvalue weighted by Gasteiger charge is 2.20. The molecule has 2 amide bonds. The number of aryl methyl sites for hydroxylation is 1. The molecule has 0 aliphatic carbocycles. The first-order valence-electron chi connectivity index (χ1n) is 10.4. The Kier molecular flexibility index (Phi) is 8.26. The third kappa shape index (κ3) is 6.23. The number of allylic oxidation sites excluding steroid dienone is 1. The molecule has 0 spiro atoms. The van der Waals surface area contributed by atoms with Crippen LogP contribution in [0.1, 0.15) is 34.7 Å². The van der Waals surface area contributed by atoms with E-state index in [1.807, 2.05) is 48.7 Å². The van der Waals surface area contributed by atoms with Gasteiger partial charge in [0, 0.05) is 12.1 Å². The summed E-state index contributed by atoms with van der Waals surface area (Å²) in [5.74, 6) is 0.927. The molecule has 2 aromatic carbocycles. The van der Waals surface area contributed by atoms with Crippen LogP contribution in [0.15, 0.2) is 66.3 Å². The number of ether oxygens (including phenoxy) is 1. The van der Waals surface area contributed by atoms with Gasteiger partial charge in [0.05, 0.1) is 24.6 Å². The highest BCUT2D eigenvalue weighted by molar-refractivity contribution is 7.99. The molecule has 2 N–H and O–H groups in total. The molecule has 0 radical (unpaired) electrons. The van der Waals surface area contributed by atoms with E-state index in [1.165, 1.54) is 11.8 Å². The number of hydrogen-bond acceptors (Lipinski definition) is 6. The van der Waals surface area contributed by atoms with E-state index in [-0.39, 0.29) is 23.6 Å². The second-order valence-electron chi connectivity index (χ2n) is 7.34. The number of para-hydroxylation sites is 2. The zero-order valence-electron chi connectivity index (χ0n) is 18.9. The summed E-state index contributed by atoms with van der Waals surface area (Å²) in [6.07, 6.45) is 1.72. The first-order chi connectivity index (χ1) is 15.9. The van der Waals surface area contributed by atoms with E-state index in [0.29, 0.717) is 34.5 Å². The third-order valence-electron chi connectivity index (χ3n) is 4.79. The van der Waals surface area contributed by atoms with E-state index < -0.39 is 0 Å². The van der Waals surface area contributed by atoms with Gasteiger partial charge in [0.1, 0.15) is 5.75 Å². The molecule has 0 fully saturated rings. The molecule has 8 nitrogen and oxygen atoms in total. The van der Waals surface area contributed by atoms with Crippen LogP contribution in [0.3, 0.4) is 0 Å². The van der Waals surface area contributed by atoms with Gasteiger partial charge in [0.25, 0.3) is 5.91 Å². The van der Waals surface area contributed by atoms with Gasteiger partial charge >= 0.3 is 0 Å². The Balaban J connectivity index is 1.67. The minimum absolute atomic E-state index is 0.136. The molecule has 1 heterocycles. The van der Waals surface area contributed by atoms with Gasteiger partial charge in [-0.15, -0.1) is 16.8 Å². The number of nitrogens with zero attached hydrogens (tertiary/aromatic N) is 3. The maximum atomic E-state index is 12.6. The second kappa shape index (κ2) is 11.3. The van der Waals surface area contributed by atoms with Crippen molar-refractivity contribution in [3.8, 4) is 5.75 Å². The molecule has 0 saturated heterocycles. The summed E-state index contributed by atoms with van der Waals surface area (Å²) >= 11 is 1.26. The lowest BCUT2D eigenvalue weighted by Gasteiger charge is -2.15. The van der Waals surface area contributed by atoms with Crippen molar-refractivity contribution in [1.82, 2.24) is 20.1 Å². The van der Waals surface area contributed by atoms with Crippen molar-refractivity contribution < 1.29 is 14.3 Å². The average molecular weight is 466 g/mol. The minimum Gasteiger partial charge on any atom is -0.495 e. The quantitative estimate of drug-likeness (QED) is 0.347. The zero-order chi connectivity index (χ0) is 23.8. The van der Waals surface area contributed by atoms with Gasteiger partial charge in [0.2, 0.25) is 5.91 Å². The van der Waals surface area contributed by atoms with Crippen molar-refractivity contribution in [2.45, 2.75) is 31.6 Å². The van der Waals surface area contributed by atoms with E-state index >= 15 is 0 Å². The highest BCUT2D eigenvalue weighted by Crippen LogP contribution is 2.25. The number of rotatable bonds is 10. The number of nitrogens with one attached hydrogen (secondary N) is 2. The lowest BCUT2D eigenvalue weighted by atomic mass is 10.1. The Morgan fingerprint density at radius 2 is 2.00 bits per heavy atom. The fourth-order valence-electron chi connectivity index (χ4n) is 3.22. The van der Waals surface area contributed by atoms with Crippen molar-refractivity contribution in [3.63, 3.8) is 0 Å². The van der Waals surface area contributed by atoms with E-state index in [9.17, 15) is 9.59 Å². The summed E-state index contributed by atoms with van der Waals surface area (Å²) in [6.45, 7) is 8.03. The topological polar surface area (TPSA) is 98.1 Å². The predicted octanol–water partition coefficient (Wildman–Crippen LogP) is 4.00. The monoisotopic (exact) mass is 465 g/mol.